The molecule has 0 fully saturated rings. The molecule has 5 aromatic rings. The van der Waals surface area contributed by atoms with E-state index in [-0.39, 0.29) is 5.92 Å². The van der Waals surface area contributed by atoms with Gasteiger partial charge in [-0.25, -0.2) is 0 Å². The van der Waals surface area contributed by atoms with E-state index in [1.54, 1.807) is 18.6 Å². The molecule has 3 aromatic heterocycles. The first kappa shape index (κ1) is 21.0. The van der Waals surface area contributed by atoms with Gasteiger partial charge in [-0.3, -0.25) is 19.8 Å². The predicted molar refractivity (Wildman–Crippen MR) is 133 cm³/mol. The van der Waals surface area contributed by atoms with Crippen LogP contribution < -0.4 is 0 Å². The van der Waals surface area contributed by atoms with E-state index in [0.29, 0.717) is 17.8 Å². The van der Waals surface area contributed by atoms with E-state index in [1.165, 1.54) is 0 Å². The first-order valence-corrected chi connectivity index (χ1v) is 10.7. The number of aromatic amines is 1. The highest BCUT2D eigenvalue weighted by molar-refractivity contribution is 5.79. The van der Waals surface area contributed by atoms with E-state index >= 15 is 0 Å². The largest absolute Gasteiger partial charge is 0.278 e. The van der Waals surface area contributed by atoms with Crippen molar-refractivity contribution in [3.05, 3.63) is 108 Å². The predicted octanol–water partition coefficient (Wildman–Crippen LogP) is 5.39. The Kier molecular flexibility index (Phi) is 5.55. The van der Waals surface area contributed by atoms with Crippen molar-refractivity contribution < 1.29 is 0 Å². The molecule has 1 atom stereocenters. The number of nitrogens with one attached hydrogen (secondary N) is 1. The van der Waals surface area contributed by atoms with Crippen molar-refractivity contribution in [2.24, 2.45) is 4.99 Å². The first-order chi connectivity index (χ1) is 16.7. The third-order valence-corrected chi connectivity index (χ3v) is 5.87. The molecule has 0 aliphatic rings. The summed E-state index contributed by atoms with van der Waals surface area (Å²) in [5, 5.41) is 21.7. The van der Waals surface area contributed by atoms with Crippen molar-refractivity contribution in [1.82, 2.24) is 25.0 Å². The number of allylic oxidation sites excluding steroid dienone is 1. The smallest absolute Gasteiger partial charge is 0.0991 e. The van der Waals surface area contributed by atoms with E-state index < -0.39 is 0 Å². The Morgan fingerprint density at radius 1 is 1.12 bits per heavy atom. The zero-order valence-electron chi connectivity index (χ0n) is 18.4. The Morgan fingerprint density at radius 3 is 2.74 bits per heavy atom. The maximum absolute atomic E-state index is 9.04. The lowest BCUT2D eigenvalue weighted by atomic mass is 9.89. The summed E-state index contributed by atoms with van der Waals surface area (Å²) in [6.07, 6.45) is 7.21. The van der Waals surface area contributed by atoms with Crippen LogP contribution in [0.1, 0.15) is 28.2 Å². The van der Waals surface area contributed by atoms with Crippen LogP contribution in [0.2, 0.25) is 0 Å². The number of aromatic nitrogens is 5. The van der Waals surface area contributed by atoms with Gasteiger partial charge in [-0.05, 0) is 53.7 Å². The van der Waals surface area contributed by atoms with Crippen LogP contribution in [0.5, 0.6) is 0 Å². The van der Waals surface area contributed by atoms with Gasteiger partial charge in [-0.2, -0.15) is 15.5 Å². The van der Waals surface area contributed by atoms with Crippen LogP contribution in [0.3, 0.4) is 0 Å². The van der Waals surface area contributed by atoms with Crippen LogP contribution in [0.15, 0.2) is 90.8 Å². The zero-order chi connectivity index (χ0) is 23.5. The molecule has 0 bridgehead atoms. The molecule has 3 heterocycles. The number of fused-ring (bicyclic) bond motifs is 1. The standard InChI is InChI=1S/C27H21N7/c1-3-22(20-8-9-21-15-31-33-24(21)12-20)23-13-25(30-16-26(23)29-2)27-10-11-32-34(27)17-19-6-4-18(14-28)5-7-19/h3-13,15-16,22H,1-2,17H2,(H,31,33). The van der Waals surface area contributed by atoms with Crippen LogP contribution in [-0.4, -0.2) is 31.7 Å². The quantitative estimate of drug-likeness (QED) is 0.269. The molecular weight excluding hydrogens is 422 g/mol. The molecule has 0 saturated heterocycles. The highest BCUT2D eigenvalue weighted by Gasteiger charge is 2.18. The summed E-state index contributed by atoms with van der Waals surface area (Å²) < 4.78 is 1.90. The molecule has 0 radical (unpaired) electrons. The van der Waals surface area contributed by atoms with Gasteiger partial charge in [0.05, 0.1) is 53.2 Å². The molecule has 7 heteroatoms. The fourth-order valence-corrected chi connectivity index (χ4v) is 4.11. The molecule has 2 aromatic carbocycles. The van der Waals surface area contributed by atoms with E-state index in [1.807, 2.05) is 53.2 Å². The van der Waals surface area contributed by atoms with Gasteiger partial charge in [0.1, 0.15) is 0 Å². The highest BCUT2D eigenvalue weighted by atomic mass is 15.3. The Bertz CT molecular complexity index is 1530. The SMILES string of the molecule is C=CC(c1ccc2cn[nH]c2c1)c1cc(-c2ccnn2Cc2ccc(C#N)cc2)ncc1N=C. The summed E-state index contributed by atoms with van der Waals surface area (Å²) in [4.78, 5) is 8.86. The minimum Gasteiger partial charge on any atom is -0.278 e. The van der Waals surface area contributed by atoms with Crippen molar-refractivity contribution >= 4 is 23.3 Å². The Labute approximate surface area is 196 Å². The van der Waals surface area contributed by atoms with Crippen LogP contribution in [-0.2, 0) is 6.54 Å². The van der Waals surface area contributed by atoms with Gasteiger partial charge in [-0.1, -0.05) is 30.3 Å². The van der Waals surface area contributed by atoms with Crippen molar-refractivity contribution in [1.29, 1.82) is 5.26 Å². The maximum Gasteiger partial charge on any atom is 0.0991 e. The molecular formula is C27H21N7. The third-order valence-electron chi connectivity index (χ3n) is 5.87. The molecule has 0 spiro atoms. The Balaban J connectivity index is 1.53. The molecule has 1 N–H and O–H groups in total. The van der Waals surface area contributed by atoms with Gasteiger partial charge >= 0.3 is 0 Å². The topological polar surface area (TPSA) is 95.5 Å². The van der Waals surface area contributed by atoms with Crippen molar-refractivity contribution in [2.75, 3.05) is 0 Å². The third kappa shape index (κ3) is 3.89. The van der Waals surface area contributed by atoms with Gasteiger partial charge in [0.25, 0.3) is 0 Å². The second-order valence-corrected chi connectivity index (χ2v) is 7.90. The average Bonchev–Trinajstić information content (AvgIpc) is 3.54. The van der Waals surface area contributed by atoms with Gasteiger partial charge in [0.15, 0.2) is 0 Å². The maximum atomic E-state index is 9.04. The zero-order valence-corrected chi connectivity index (χ0v) is 18.4. The normalized spacial score (nSPS) is 11.7. The van der Waals surface area contributed by atoms with Crippen molar-refractivity contribution in [3.8, 4) is 17.5 Å². The second-order valence-electron chi connectivity index (χ2n) is 7.90. The number of aliphatic imine (C=N–C) groups is 1. The first-order valence-electron chi connectivity index (χ1n) is 10.7. The summed E-state index contributed by atoms with van der Waals surface area (Å²) in [6.45, 7) is 8.39. The molecule has 1 unspecified atom stereocenters. The molecule has 164 valence electrons. The molecule has 0 aliphatic carbocycles. The number of nitrogens with zero attached hydrogens (tertiary/aromatic N) is 6. The minimum atomic E-state index is -0.107. The fourth-order valence-electron chi connectivity index (χ4n) is 4.11. The van der Waals surface area contributed by atoms with E-state index in [4.69, 9.17) is 5.26 Å². The van der Waals surface area contributed by atoms with Crippen LogP contribution in [0.4, 0.5) is 5.69 Å². The highest BCUT2D eigenvalue weighted by Crippen LogP contribution is 2.35. The summed E-state index contributed by atoms with van der Waals surface area (Å²) in [5.74, 6) is -0.107. The molecule has 0 saturated carbocycles. The molecule has 34 heavy (non-hydrogen) atoms. The van der Waals surface area contributed by atoms with Crippen molar-refractivity contribution in [2.45, 2.75) is 12.5 Å². The summed E-state index contributed by atoms with van der Waals surface area (Å²) in [7, 11) is 0. The number of H-pyrrole nitrogens is 1. The van der Waals surface area contributed by atoms with Crippen molar-refractivity contribution in [3.63, 3.8) is 0 Å². The summed E-state index contributed by atoms with van der Waals surface area (Å²) in [6, 6.07) is 19.8. The van der Waals surface area contributed by atoms with Gasteiger partial charge in [0, 0.05) is 17.5 Å². The molecule has 0 aliphatic heterocycles. The van der Waals surface area contributed by atoms with Gasteiger partial charge in [-0.15, -0.1) is 6.58 Å². The van der Waals surface area contributed by atoms with Crippen LogP contribution in [0.25, 0.3) is 22.3 Å². The lowest BCUT2D eigenvalue weighted by Crippen LogP contribution is -2.05. The van der Waals surface area contributed by atoms with Gasteiger partial charge < -0.3 is 0 Å². The lowest BCUT2D eigenvalue weighted by Gasteiger charge is -2.17. The number of rotatable bonds is 7. The minimum absolute atomic E-state index is 0.107. The molecule has 7 nitrogen and oxygen atoms in total. The van der Waals surface area contributed by atoms with Crippen LogP contribution >= 0.6 is 0 Å². The lowest BCUT2D eigenvalue weighted by molar-refractivity contribution is 0.692. The number of hydrogen-bond acceptors (Lipinski definition) is 5. The van der Waals surface area contributed by atoms with E-state index in [0.717, 1.165) is 39.0 Å². The number of pyridine rings is 1. The number of hydrogen-bond donors (Lipinski definition) is 1. The second kappa shape index (κ2) is 8.96. The molecule has 0 amide bonds. The average molecular weight is 444 g/mol. The van der Waals surface area contributed by atoms with E-state index in [9.17, 15) is 0 Å². The Morgan fingerprint density at radius 2 is 1.97 bits per heavy atom. The van der Waals surface area contributed by atoms with Crippen LogP contribution in [0, 0.1) is 11.3 Å². The van der Waals surface area contributed by atoms with Gasteiger partial charge in [0.2, 0.25) is 0 Å². The summed E-state index contributed by atoms with van der Waals surface area (Å²) in [5.41, 5.74) is 7.04. The van der Waals surface area contributed by atoms with E-state index in [2.05, 4.69) is 56.8 Å². The Hall–Kier alpha value is -4.83. The number of benzene rings is 2. The number of nitriles is 1. The molecule has 5 rings (SSSR count). The monoisotopic (exact) mass is 443 g/mol. The summed E-state index contributed by atoms with van der Waals surface area (Å²) >= 11 is 0. The fraction of sp³-hybridized carbons (Fsp3) is 0.0741.